The van der Waals surface area contributed by atoms with Crippen molar-refractivity contribution in [2.24, 2.45) is 0 Å². The molecule has 4 aliphatic rings. The molecule has 4 aromatic rings. The van der Waals surface area contributed by atoms with Gasteiger partial charge < -0.3 is 29.7 Å². The Morgan fingerprint density at radius 1 is 1.12 bits per heavy atom. The lowest BCUT2D eigenvalue weighted by atomic mass is 9.94. The number of aryl methyl sites for hydroxylation is 1. The summed E-state index contributed by atoms with van der Waals surface area (Å²) in [6.07, 6.45) is 7.41. The molecule has 4 aliphatic heterocycles. The number of hydrogen-bond acceptors (Lipinski definition) is 10. The van der Waals surface area contributed by atoms with Gasteiger partial charge in [-0.05, 0) is 86.0 Å². The van der Waals surface area contributed by atoms with Crippen molar-refractivity contribution in [2.45, 2.75) is 75.5 Å². The topological polar surface area (TPSA) is 116 Å². The van der Waals surface area contributed by atoms with Gasteiger partial charge in [0, 0.05) is 57.1 Å². The third-order valence-corrected chi connectivity index (χ3v) is 11.2. The van der Waals surface area contributed by atoms with Crippen LogP contribution in [0.4, 0.5) is 19.4 Å². The highest BCUT2D eigenvalue weighted by atomic mass is 19.1. The number of nitrogens with zero attached hydrogens (tertiary/aromatic N) is 6. The molecule has 4 fully saturated rings. The van der Waals surface area contributed by atoms with Crippen LogP contribution in [0.25, 0.3) is 32.9 Å². The number of piperazine rings is 1. The Labute approximate surface area is 289 Å². The molecule has 0 aliphatic carbocycles. The largest absolute Gasteiger partial charge is 0.508 e. The maximum atomic E-state index is 17.0. The highest BCUT2D eigenvalue weighted by Crippen LogP contribution is 2.44. The SMILES string of the molecule is CCc1c(F)ccc2cc(O)cc(-c3ncc4c(N5C[C@H]6CC[C@@H](C5)N6)nc(OC[C@]56CCCN5[C@@H](COC(=O)N(C)C)CC6)nc4c3F)c12. The van der Waals surface area contributed by atoms with Crippen LogP contribution in [0, 0.1) is 11.6 Å². The number of phenolic OH excluding ortho intramolecular Hbond substituents is 1. The molecule has 8 rings (SSSR count). The summed E-state index contributed by atoms with van der Waals surface area (Å²) in [5.41, 5.74) is 0.499. The van der Waals surface area contributed by atoms with E-state index in [4.69, 9.17) is 14.5 Å². The standard InChI is InChI=1S/C37H43F2N7O4/c1-4-26-29(38)9-6-21-14-25(47)15-27(30(21)26)32-31(39)33-28(16-40-32)34(45-17-22-7-8-23(18-45)41-22)43-35(42-33)50-20-37-11-5-13-46(37)24(10-12-37)19-49-36(48)44(2)3/h6,9,14-16,22-24,41,47H,4-5,7-8,10-13,17-20H2,1-3H3/t22-,23+,24-,37-/m1/s1. The molecule has 2 bridgehead atoms. The Bertz CT molecular complexity index is 1970. The fourth-order valence-corrected chi connectivity index (χ4v) is 8.80. The van der Waals surface area contributed by atoms with Crippen LogP contribution in [-0.2, 0) is 11.2 Å². The number of phenols is 1. The van der Waals surface area contributed by atoms with Gasteiger partial charge in [-0.15, -0.1) is 0 Å². The lowest BCUT2D eigenvalue weighted by Crippen LogP contribution is -2.51. The molecule has 0 saturated carbocycles. The Kier molecular flexibility index (Phi) is 8.37. The van der Waals surface area contributed by atoms with Crippen molar-refractivity contribution in [1.29, 1.82) is 0 Å². The van der Waals surface area contributed by atoms with Crippen molar-refractivity contribution < 1.29 is 28.2 Å². The van der Waals surface area contributed by atoms with Crippen LogP contribution in [0.2, 0.25) is 0 Å². The van der Waals surface area contributed by atoms with Crippen LogP contribution >= 0.6 is 0 Å². The average Bonchev–Trinajstić information content (AvgIpc) is 3.78. The van der Waals surface area contributed by atoms with Crippen molar-refractivity contribution >= 4 is 33.6 Å². The zero-order valence-corrected chi connectivity index (χ0v) is 28.7. The van der Waals surface area contributed by atoms with E-state index in [9.17, 15) is 9.90 Å². The number of pyridine rings is 1. The highest BCUT2D eigenvalue weighted by molar-refractivity contribution is 6.01. The fourth-order valence-electron chi connectivity index (χ4n) is 8.80. The van der Waals surface area contributed by atoms with Gasteiger partial charge in [0.05, 0.1) is 10.9 Å². The molecule has 0 spiro atoms. The van der Waals surface area contributed by atoms with Crippen molar-refractivity contribution in [3.8, 4) is 23.0 Å². The fraction of sp³-hybridized carbons (Fsp3) is 0.514. The molecule has 264 valence electrons. The molecular formula is C37H43F2N7O4. The highest BCUT2D eigenvalue weighted by Gasteiger charge is 2.50. The van der Waals surface area contributed by atoms with Crippen LogP contribution in [0.15, 0.2) is 30.5 Å². The number of amides is 1. The maximum absolute atomic E-state index is 17.0. The summed E-state index contributed by atoms with van der Waals surface area (Å²) in [4.78, 5) is 32.3. The quantitative estimate of drug-likeness (QED) is 0.249. The second kappa shape index (κ2) is 12.8. The van der Waals surface area contributed by atoms with E-state index in [1.165, 1.54) is 17.0 Å². The minimum atomic E-state index is -0.684. The molecule has 50 heavy (non-hydrogen) atoms. The van der Waals surface area contributed by atoms with Crippen molar-refractivity contribution in [2.75, 3.05) is 51.8 Å². The number of anilines is 1. The molecular weight excluding hydrogens is 644 g/mol. The molecule has 4 atom stereocenters. The number of aromatic nitrogens is 3. The van der Waals surface area contributed by atoms with Gasteiger partial charge >= 0.3 is 12.1 Å². The molecule has 6 heterocycles. The van der Waals surface area contributed by atoms with Gasteiger partial charge in [0.25, 0.3) is 0 Å². The molecule has 4 saturated heterocycles. The summed E-state index contributed by atoms with van der Waals surface area (Å²) in [6, 6.07) is 6.73. The lowest BCUT2D eigenvalue weighted by molar-refractivity contribution is 0.0484. The Morgan fingerprint density at radius 2 is 1.92 bits per heavy atom. The predicted octanol–water partition coefficient (Wildman–Crippen LogP) is 5.41. The molecule has 0 radical (unpaired) electrons. The van der Waals surface area contributed by atoms with Gasteiger partial charge in [-0.1, -0.05) is 13.0 Å². The van der Waals surface area contributed by atoms with Gasteiger partial charge in [0.15, 0.2) is 5.82 Å². The summed E-state index contributed by atoms with van der Waals surface area (Å²) in [5, 5.41) is 15.9. The third-order valence-electron chi connectivity index (χ3n) is 11.2. The van der Waals surface area contributed by atoms with E-state index in [1.54, 1.807) is 32.4 Å². The van der Waals surface area contributed by atoms with E-state index in [2.05, 4.69) is 25.1 Å². The number of fused-ring (bicyclic) bond motifs is 5. The normalized spacial score (nSPS) is 24.7. The molecule has 13 heteroatoms. The Hall–Kier alpha value is -4.36. The first kappa shape index (κ1) is 32.8. The number of nitrogens with one attached hydrogen (secondary N) is 1. The van der Waals surface area contributed by atoms with E-state index >= 15 is 8.78 Å². The van der Waals surface area contributed by atoms with Crippen LogP contribution in [0.5, 0.6) is 11.8 Å². The minimum Gasteiger partial charge on any atom is -0.508 e. The molecule has 11 nitrogen and oxygen atoms in total. The number of ether oxygens (including phenoxy) is 2. The Morgan fingerprint density at radius 3 is 2.68 bits per heavy atom. The van der Waals surface area contributed by atoms with Crippen molar-refractivity contribution in [3.63, 3.8) is 0 Å². The zero-order valence-electron chi connectivity index (χ0n) is 28.7. The van der Waals surface area contributed by atoms with Gasteiger partial charge in [-0.25, -0.2) is 13.6 Å². The second-order valence-corrected chi connectivity index (χ2v) is 14.5. The predicted molar refractivity (Wildman–Crippen MR) is 186 cm³/mol. The van der Waals surface area contributed by atoms with Crippen LogP contribution < -0.4 is 15.0 Å². The van der Waals surface area contributed by atoms with Gasteiger partial charge in [0.1, 0.15) is 41.8 Å². The number of rotatable bonds is 8. The zero-order chi connectivity index (χ0) is 34.7. The molecule has 2 aromatic heterocycles. The minimum absolute atomic E-state index is 0.0267. The molecule has 2 aromatic carbocycles. The summed E-state index contributed by atoms with van der Waals surface area (Å²) in [5.74, 6) is -0.579. The van der Waals surface area contributed by atoms with E-state index in [0.717, 1.165) is 45.1 Å². The molecule has 1 amide bonds. The molecule has 0 unspecified atom stereocenters. The first-order valence-electron chi connectivity index (χ1n) is 17.7. The number of halogens is 2. The summed E-state index contributed by atoms with van der Waals surface area (Å²) in [7, 11) is 3.34. The summed E-state index contributed by atoms with van der Waals surface area (Å²) < 4.78 is 44.0. The smallest absolute Gasteiger partial charge is 0.409 e. The average molecular weight is 688 g/mol. The van der Waals surface area contributed by atoms with Gasteiger partial charge in [-0.2, -0.15) is 9.97 Å². The van der Waals surface area contributed by atoms with E-state index in [0.29, 0.717) is 77.9 Å². The van der Waals surface area contributed by atoms with E-state index < -0.39 is 11.6 Å². The first-order valence-corrected chi connectivity index (χ1v) is 17.7. The third kappa shape index (κ3) is 5.64. The van der Waals surface area contributed by atoms with Crippen LogP contribution in [0.1, 0.15) is 51.0 Å². The maximum Gasteiger partial charge on any atom is 0.409 e. The van der Waals surface area contributed by atoms with Gasteiger partial charge in [0.2, 0.25) is 0 Å². The van der Waals surface area contributed by atoms with E-state index in [1.807, 2.05) is 6.92 Å². The Balaban J connectivity index is 1.18. The number of hydrogen-bond donors (Lipinski definition) is 2. The monoisotopic (exact) mass is 687 g/mol. The number of aromatic hydroxyl groups is 1. The van der Waals surface area contributed by atoms with Gasteiger partial charge in [-0.3, -0.25) is 9.88 Å². The van der Waals surface area contributed by atoms with Crippen LogP contribution in [-0.4, -0.2) is 107 Å². The first-order chi connectivity index (χ1) is 24.1. The number of carbonyl (C=O) groups excluding carboxylic acids is 1. The lowest BCUT2D eigenvalue weighted by Gasteiger charge is -2.35. The van der Waals surface area contributed by atoms with Crippen molar-refractivity contribution in [3.05, 3.63) is 47.7 Å². The van der Waals surface area contributed by atoms with Crippen molar-refractivity contribution in [1.82, 2.24) is 30.1 Å². The number of benzene rings is 2. The summed E-state index contributed by atoms with van der Waals surface area (Å²) >= 11 is 0. The van der Waals surface area contributed by atoms with Crippen LogP contribution in [0.3, 0.4) is 0 Å². The van der Waals surface area contributed by atoms with E-state index in [-0.39, 0.29) is 40.6 Å². The summed E-state index contributed by atoms with van der Waals surface area (Å²) in [6.45, 7) is 4.78. The number of carbonyl (C=O) groups is 1. The molecule has 2 N–H and O–H groups in total. The second-order valence-electron chi connectivity index (χ2n) is 14.5.